The van der Waals surface area contributed by atoms with Crippen LogP contribution in [0.15, 0.2) is 16.0 Å². The van der Waals surface area contributed by atoms with E-state index in [0.29, 0.717) is 11.1 Å². The molecule has 0 aliphatic heterocycles. The molecule has 1 aromatic heterocycles. The predicted molar refractivity (Wildman–Crippen MR) is 58.0 cm³/mol. The van der Waals surface area contributed by atoms with Gasteiger partial charge in [0.15, 0.2) is 3.92 Å². The molecule has 1 N–H and O–H groups in total. The van der Waals surface area contributed by atoms with E-state index in [0.717, 1.165) is 14.2 Å². The quantitative estimate of drug-likeness (QED) is 0.864. The number of halogens is 1. The Kier molecular flexibility index (Phi) is 2.50. The number of aliphatic hydroxyl groups is 1. The van der Waals surface area contributed by atoms with Crippen molar-refractivity contribution in [1.82, 2.24) is 4.98 Å². The van der Waals surface area contributed by atoms with Gasteiger partial charge in [-0.15, -0.1) is 11.3 Å². The second-order valence-electron chi connectivity index (χ2n) is 2.73. The highest BCUT2D eigenvalue weighted by molar-refractivity contribution is 9.11. The zero-order chi connectivity index (χ0) is 10.1. The summed E-state index contributed by atoms with van der Waals surface area (Å²) in [6.07, 6.45) is 0. The Hall–Kier alpha value is -0.960. The average Bonchev–Trinajstić information content (AvgIpc) is 2.56. The fourth-order valence-electron chi connectivity index (χ4n) is 1.24. The van der Waals surface area contributed by atoms with Gasteiger partial charge in [-0.25, -0.2) is 4.98 Å². The van der Waals surface area contributed by atoms with Gasteiger partial charge in [-0.2, -0.15) is 5.26 Å². The molecule has 0 saturated heterocycles. The lowest BCUT2D eigenvalue weighted by atomic mass is 10.1. The van der Waals surface area contributed by atoms with Crippen molar-refractivity contribution >= 4 is 37.5 Å². The molecule has 0 atom stereocenters. The van der Waals surface area contributed by atoms with Crippen LogP contribution in [0.1, 0.15) is 11.1 Å². The highest BCUT2D eigenvalue weighted by Crippen LogP contribution is 2.29. The van der Waals surface area contributed by atoms with E-state index in [-0.39, 0.29) is 6.61 Å². The zero-order valence-electron chi connectivity index (χ0n) is 6.99. The minimum atomic E-state index is -0.0554. The highest BCUT2D eigenvalue weighted by Gasteiger charge is 2.08. The van der Waals surface area contributed by atoms with E-state index in [1.807, 2.05) is 6.07 Å². The number of benzene rings is 1. The summed E-state index contributed by atoms with van der Waals surface area (Å²) in [4.78, 5) is 4.19. The van der Waals surface area contributed by atoms with Crippen LogP contribution in [-0.4, -0.2) is 10.1 Å². The van der Waals surface area contributed by atoms with Gasteiger partial charge in [0.05, 0.1) is 16.9 Å². The highest BCUT2D eigenvalue weighted by atomic mass is 79.9. The first-order valence-electron chi connectivity index (χ1n) is 3.84. The predicted octanol–water partition coefficient (Wildman–Crippen LogP) is 2.42. The van der Waals surface area contributed by atoms with Crippen molar-refractivity contribution in [2.45, 2.75) is 6.61 Å². The maximum Gasteiger partial charge on any atom is 0.160 e. The number of fused-ring (bicyclic) bond motifs is 1. The number of thiazole rings is 1. The van der Waals surface area contributed by atoms with Crippen LogP contribution in [0.3, 0.4) is 0 Å². The lowest BCUT2D eigenvalue weighted by Crippen LogP contribution is -1.85. The summed E-state index contributed by atoms with van der Waals surface area (Å²) in [5.74, 6) is 0. The van der Waals surface area contributed by atoms with Gasteiger partial charge in [0.1, 0.15) is 11.6 Å². The van der Waals surface area contributed by atoms with Crippen molar-refractivity contribution in [3.8, 4) is 6.07 Å². The van der Waals surface area contributed by atoms with Crippen molar-refractivity contribution in [3.63, 3.8) is 0 Å². The normalized spacial score (nSPS) is 10.4. The number of aliphatic hydroxyl groups excluding tert-OH is 1. The summed E-state index contributed by atoms with van der Waals surface area (Å²) in [7, 11) is 0. The number of nitriles is 1. The molecular formula is C9H5BrN2OS. The Bertz CT molecular complexity index is 529. The zero-order valence-corrected chi connectivity index (χ0v) is 9.39. The van der Waals surface area contributed by atoms with E-state index in [4.69, 9.17) is 10.4 Å². The molecule has 5 heteroatoms. The second kappa shape index (κ2) is 3.65. The minimum Gasteiger partial charge on any atom is -0.392 e. The van der Waals surface area contributed by atoms with Gasteiger partial charge < -0.3 is 5.11 Å². The fraction of sp³-hybridized carbons (Fsp3) is 0.111. The Morgan fingerprint density at radius 2 is 2.36 bits per heavy atom. The molecule has 3 nitrogen and oxygen atoms in total. The lowest BCUT2D eigenvalue weighted by molar-refractivity contribution is 0.282. The summed E-state index contributed by atoms with van der Waals surface area (Å²) in [5, 5.41) is 17.9. The largest absolute Gasteiger partial charge is 0.392 e. The third-order valence-electron chi connectivity index (χ3n) is 1.83. The SMILES string of the molecule is N#Cc1cc(CO)cc2sc(Br)nc12. The molecular weight excluding hydrogens is 264 g/mol. The van der Waals surface area contributed by atoms with Crippen LogP contribution < -0.4 is 0 Å². The van der Waals surface area contributed by atoms with Crippen molar-refractivity contribution < 1.29 is 5.11 Å². The van der Waals surface area contributed by atoms with Crippen LogP contribution in [-0.2, 0) is 6.61 Å². The molecule has 2 rings (SSSR count). The average molecular weight is 269 g/mol. The monoisotopic (exact) mass is 268 g/mol. The molecule has 0 bridgehead atoms. The molecule has 0 radical (unpaired) electrons. The third kappa shape index (κ3) is 1.52. The first-order valence-corrected chi connectivity index (χ1v) is 5.45. The fourth-order valence-corrected chi connectivity index (χ4v) is 2.72. The minimum absolute atomic E-state index is 0.0554. The molecule has 70 valence electrons. The molecule has 0 saturated carbocycles. The van der Waals surface area contributed by atoms with Crippen molar-refractivity contribution in [2.24, 2.45) is 0 Å². The molecule has 1 aromatic carbocycles. The third-order valence-corrected chi connectivity index (χ3v) is 3.29. The summed E-state index contributed by atoms with van der Waals surface area (Å²) in [5.41, 5.74) is 1.94. The maximum atomic E-state index is 8.99. The van der Waals surface area contributed by atoms with Gasteiger partial charge in [0.25, 0.3) is 0 Å². The summed E-state index contributed by atoms with van der Waals surface area (Å²) in [6.45, 7) is -0.0554. The molecule has 0 fully saturated rings. The topological polar surface area (TPSA) is 56.9 Å². The molecule has 0 unspecified atom stereocenters. The first kappa shape index (κ1) is 9.59. The first-order chi connectivity index (χ1) is 6.74. The van der Waals surface area contributed by atoms with Crippen molar-refractivity contribution in [1.29, 1.82) is 5.26 Å². The number of rotatable bonds is 1. The lowest BCUT2D eigenvalue weighted by Gasteiger charge is -1.96. The van der Waals surface area contributed by atoms with E-state index in [2.05, 4.69) is 27.0 Å². The van der Waals surface area contributed by atoms with E-state index in [9.17, 15) is 0 Å². The summed E-state index contributed by atoms with van der Waals surface area (Å²) < 4.78 is 1.67. The summed E-state index contributed by atoms with van der Waals surface area (Å²) >= 11 is 4.72. The smallest absolute Gasteiger partial charge is 0.160 e. The molecule has 14 heavy (non-hydrogen) atoms. The van der Waals surface area contributed by atoms with Gasteiger partial charge in [0.2, 0.25) is 0 Å². The van der Waals surface area contributed by atoms with Crippen molar-refractivity contribution in [3.05, 3.63) is 27.2 Å². The van der Waals surface area contributed by atoms with Crippen LogP contribution in [0.2, 0.25) is 0 Å². The number of hydrogen-bond acceptors (Lipinski definition) is 4. The molecule has 0 aliphatic rings. The van der Waals surface area contributed by atoms with Gasteiger partial charge >= 0.3 is 0 Å². The number of nitrogens with zero attached hydrogens (tertiary/aromatic N) is 2. The van der Waals surface area contributed by atoms with E-state index >= 15 is 0 Å². The van der Waals surface area contributed by atoms with Crippen LogP contribution >= 0.6 is 27.3 Å². The number of hydrogen-bond donors (Lipinski definition) is 1. The van der Waals surface area contributed by atoms with Crippen LogP contribution in [0, 0.1) is 11.3 Å². The van der Waals surface area contributed by atoms with E-state index in [1.165, 1.54) is 11.3 Å². The van der Waals surface area contributed by atoms with Crippen molar-refractivity contribution in [2.75, 3.05) is 0 Å². The van der Waals surface area contributed by atoms with Gasteiger partial charge in [0, 0.05) is 0 Å². The molecule has 0 amide bonds. The molecule has 0 spiro atoms. The second-order valence-corrected chi connectivity index (χ2v) is 5.03. The molecule has 0 aliphatic carbocycles. The number of aromatic nitrogens is 1. The Morgan fingerprint density at radius 1 is 1.57 bits per heavy atom. The van der Waals surface area contributed by atoms with Crippen LogP contribution in [0.25, 0.3) is 10.2 Å². The van der Waals surface area contributed by atoms with E-state index < -0.39 is 0 Å². The van der Waals surface area contributed by atoms with Gasteiger partial charge in [-0.3, -0.25) is 0 Å². The maximum absolute atomic E-state index is 8.99. The van der Waals surface area contributed by atoms with Gasteiger partial charge in [-0.1, -0.05) is 0 Å². The van der Waals surface area contributed by atoms with Crippen LogP contribution in [0.4, 0.5) is 0 Å². The Labute approximate surface area is 92.8 Å². The summed E-state index contributed by atoms with van der Waals surface area (Å²) in [6, 6.07) is 5.58. The Balaban J connectivity index is 2.80. The molecule has 1 heterocycles. The van der Waals surface area contributed by atoms with Gasteiger partial charge in [-0.05, 0) is 33.6 Å². The molecule has 2 aromatic rings. The Morgan fingerprint density at radius 3 is 3.00 bits per heavy atom. The van der Waals surface area contributed by atoms with E-state index in [1.54, 1.807) is 6.07 Å². The van der Waals surface area contributed by atoms with Crippen LogP contribution in [0.5, 0.6) is 0 Å². The standard InChI is InChI=1S/C9H5BrN2OS/c10-9-12-8-6(3-11)1-5(4-13)2-7(8)14-9/h1-2,13H,4H2.